The highest BCUT2D eigenvalue weighted by Crippen LogP contribution is 2.17. The van der Waals surface area contributed by atoms with Gasteiger partial charge in [0.05, 0.1) is 18.9 Å². The Labute approximate surface area is 153 Å². The lowest BCUT2D eigenvalue weighted by molar-refractivity contribution is 0.122. The normalized spacial score (nSPS) is 20.4. The van der Waals surface area contributed by atoms with E-state index < -0.39 is 0 Å². The molecule has 7 nitrogen and oxygen atoms in total. The number of H-pyrrole nitrogens is 1. The minimum atomic E-state index is 0.0362. The Morgan fingerprint density at radius 3 is 2.23 bits per heavy atom. The molecule has 2 aromatic rings. The van der Waals surface area contributed by atoms with E-state index in [-0.39, 0.29) is 5.56 Å². The lowest BCUT2D eigenvalue weighted by Crippen LogP contribution is -2.37. The number of aryl methyl sites for hydroxylation is 1. The Hall–Kier alpha value is -1.89. The average molecular weight is 359 g/mol. The van der Waals surface area contributed by atoms with E-state index in [9.17, 15) is 4.79 Å². The molecule has 1 fully saturated rings. The van der Waals surface area contributed by atoms with Crippen LogP contribution in [0.15, 0.2) is 4.79 Å². The van der Waals surface area contributed by atoms with Crippen LogP contribution < -0.4 is 10.5 Å². The zero-order chi connectivity index (χ0) is 17.8. The van der Waals surface area contributed by atoms with Gasteiger partial charge >= 0.3 is 0 Å². The van der Waals surface area contributed by atoms with E-state index in [1.807, 2.05) is 0 Å². The first kappa shape index (κ1) is 17.5. The van der Waals surface area contributed by atoms with E-state index in [1.165, 1.54) is 43.0 Å². The van der Waals surface area contributed by atoms with E-state index in [0.717, 1.165) is 56.0 Å². The van der Waals surface area contributed by atoms with Crippen molar-refractivity contribution in [3.8, 4) is 0 Å². The van der Waals surface area contributed by atoms with Crippen molar-refractivity contribution >= 4 is 11.7 Å². The standard InChI is InChI=1S/C19H29N5O2/c25-17-15-9-7-5-3-1-2-4-6-8-10-16(15)20-18-21-19(22-24(17)18)23-11-13-26-14-12-23/h1-14H2,(H,20,21,22). The Morgan fingerprint density at radius 1 is 0.846 bits per heavy atom. The number of anilines is 1. The monoisotopic (exact) mass is 359 g/mol. The van der Waals surface area contributed by atoms with Crippen LogP contribution in [0.25, 0.3) is 5.78 Å². The Balaban J connectivity index is 1.67. The molecule has 142 valence electrons. The largest absolute Gasteiger partial charge is 0.378 e. The molecule has 1 aliphatic heterocycles. The van der Waals surface area contributed by atoms with Gasteiger partial charge in [0.1, 0.15) is 0 Å². The lowest BCUT2D eigenvalue weighted by atomic mass is 9.99. The van der Waals surface area contributed by atoms with Crippen LogP contribution in [0.1, 0.15) is 62.6 Å². The summed E-state index contributed by atoms with van der Waals surface area (Å²) >= 11 is 0. The number of aromatic amines is 1. The number of hydrogen-bond donors (Lipinski definition) is 1. The first-order valence-corrected chi connectivity index (χ1v) is 10.2. The Bertz CT molecular complexity index is 791. The summed E-state index contributed by atoms with van der Waals surface area (Å²) in [4.78, 5) is 24.6. The number of ether oxygens (including phenoxy) is 1. The Kier molecular flexibility index (Phi) is 5.53. The molecule has 7 heteroatoms. The van der Waals surface area contributed by atoms with Crippen LogP contribution in [0.2, 0.25) is 0 Å². The second-order valence-electron chi connectivity index (χ2n) is 7.45. The summed E-state index contributed by atoms with van der Waals surface area (Å²) in [6.07, 6.45) is 11.5. The van der Waals surface area contributed by atoms with Gasteiger partial charge in [-0.15, -0.1) is 0 Å². The van der Waals surface area contributed by atoms with Crippen LogP contribution in [0.5, 0.6) is 0 Å². The van der Waals surface area contributed by atoms with Gasteiger partial charge in [-0.25, -0.2) is 4.98 Å². The maximum absolute atomic E-state index is 13.1. The van der Waals surface area contributed by atoms with E-state index in [4.69, 9.17) is 9.72 Å². The van der Waals surface area contributed by atoms with E-state index in [2.05, 4.69) is 15.0 Å². The summed E-state index contributed by atoms with van der Waals surface area (Å²) in [6.45, 7) is 2.95. The molecule has 0 bridgehead atoms. The fourth-order valence-corrected chi connectivity index (χ4v) is 4.01. The number of aromatic nitrogens is 4. The lowest BCUT2D eigenvalue weighted by Gasteiger charge is -2.25. The summed E-state index contributed by atoms with van der Waals surface area (Å²) in [5, 5.41) is 3.17. The van der Waals surface area contributed by atoms with Crippen molar-refractivity contribution in [3.05, 3.63) is 21.6 Å². The maximum Gasteiger partial charge on any atom is 0.277 e. The summed E-state index contributed by atoms with van der Waals surface area (Å²) in [5.74, 6) is 1.22. The number of nitrogens with zero attached hydrogens (tertiary/aromatic N) is 4. The molecule has 0 amide bonds. The first-order chi connectivity index (χ1) is 12.8. The highest BCUT2D eigenvalue weighted by molar-refractivity contribution is 5.41. The van der Waals surface area contributed by atoms with Crippen molar-refractivity contribution in [2.75, 3.05) is 31.2 Å². The quantitative estimate of drug-likeness (QED) is 0.846. The SMILES string of the molecule is O=c1c2c(nc3nc(N4CCOCC4)[nH]n13)CCCCCCCCCC2. The zero-order valence-corrected chi connectivity index (χ0v) is 15.5. The number of morpholine rings is 1. The van der Waals surface area contributed by atoms with Crippen molar-refractivity contribution in [2.45, 2.75) is 64.2 Å². The van der Waals surface area contributed by atoms with Gasteiger partial charge in [-0.05, 0) is 25.7 Å². The molecule has 0 saturated carbocycles. The fourth-order valence-electron chi connectivity index (χ4n) is 4.01. The third kappa shape index (κ3) is 3.77. The number of fused-ring (bicyclic) bond motifs is 2. The number of hydrogen-bond acceptors (Lipinski definition) is 5. The molecule has 2 aromatic heterocycles. The summed E-state index contributed by atoms with van der Waals surface area (Å²) in [6, 6.07) is 0. The Morgan fingerprint density at radius 2 is 1.50 bits per heavy atom. The van der Waals surface area contributed by atoms with Crippen LogP contribution in [0, 0.1) is 0 Å². The third-order valence-electron chi connectivity index (χ3n) is 5.56. The van der Waals surface area contributed by atoms with Gasteiger partial charge in [0, 0.05) is 18.7 Å². The molecule has 26 heavy (non-hydrogen) atoms. The molecule has 0 spiro atoms. The maximum atomic E-state index is 13.1. The third-order valence-corrected chi connectivity index (χ3v) is 5.56. The average Bonchev–Trinajstić information content (AvgIpc) is 3.09. The molecular weight excluding hydrogens is 330 g/mol. The first-order valence-electron chi connectivity index (χ1n) is 10.2. The van der Waals surface area contributed by atoms with Gasteiger partial charge in [0.2, 0.25) is 5.95 Å². The second kappa shape index (κ2) is 8.20. The molecule has 2 aliphatic rings. The van der Waals surface area contributed by atoms with E-state index in [0.29, 0.717) is 19.0 Å². The van der Waals surface area contributed by atoms with Crippen LogP contribution >= 0.6 is 0 Å². The molecule has 1 N–H and O–H groups in total. The predicted octanol–water partition coefficient (Wildman–Crippen LogP) is 2.47. The summed E-state index contributed by atoms with van der Waals surface area (Å²) in [7, 11) is 0. The number of rotatable bonds is 1. The molecule has 0 radical (unpaired) electrons. The summed E-state index contributed by atoms with van der Waals surface area (Å²) in [5.41, 5.74) is 1.89. The minimum Gasteiger partial charge on any atom is -0.378 e. The smallest absolute Gasteiger partial charge is 0.277 e. The molecular formula is C19H29N5O2. The van der Waals surface area contributed by atoms with E-state index >= 15 is 0 Å². The van der Waals surface area contributed by atoms with Gasteiger partial charge in [0.25, 0.3) is 11.3 Å². The molecule has 0 atom stereocenters. The van der Waals surface area contributed by atoms with Gasteiger partial charge in [-0.1, -0.05) is 38.5 Å². The molecule has 3 heterocycles. The van der Waals surface area contributed by atoms with Gasteiger partial charge in [-0.3, -0.25) is 9.89 Å². The topological polar surface area (TPSA) is 75.5 Å². The van der Waals surface area contributed by atoms with Crippen molar-refractivity contribution in [1.82, 2.24) is 19.6 Å². The molecule has 1 aliphatic carbocycles. The van der Waals surface area contributed by atoms with Crippen LogP contribution in [0.4, 0.5) is 5.95 Å². The van der Waals surface area contributed by atoms with Crippen molar-refractivity contribution in [1.29, 1.82) is 0 Å². The highest BCUT2D eigenvalue weighted by Gasteiger charge is 2.19. The van der Waals surface area contributed by atoms with Gasteiger partial charge in [-0.2, -0.15) is 9.50 Å². The minimum absolute atomic E-state index is 0.0362. The van der Waals surface area contributed by atoms with Crippen LogP contribution in [-0.2, 0) is 17.6 Å². The highest BCUT2D eigenvalue weighted by atomic mass is 16.5. The zero-order valence-electron chi connectivity index (χ0n) is 15.5. The molecule has 4 rings (SSSR count). The summed E-state index contributed by atoms with van der Waals surface area (Å²) < 4.78 is 6.94. The van der Waals surface area contributed by atoms with Gasteiger partial charge < -0.3 is 9.64 Å². The van der Waals surface area contributed by atoms with Crippen LogP contribution in [-0.4, -0.2) is 45.9 Å². The predicted molar refractivity (Wildman–Crippen MR) is 101 cm³/mol. The fraction of sp³-hybridized carbons (Fsp3) is 0.737. The number of nitrogens with one attached hydrogen (secondary N) is 1. The van der Waals surface area contributed by atoms with Gasteiger partial charge in [0.15, 0.2) is 0 Å². The van der Waals surface area contributed by atoms with Crippen molar-refractivity contribution in [2.24, 2.45) is 0 Å². The second-order valence-corrected chi connectivity index (χ2v) is 7.45. The molecule has 0 aromatic carbocycles. The van der Waals surface area contributed by atoms with Crippen molar-refractivity contribution < 1.29 is 4.74 Å². The van der Waals surface area contributed by atoms with Crippen LogP contribution in [0.3, 0.4) is 0 Å². The molecule has 1 saturated heterocycles. The van der Waals surface area contributed by atoms with E-state index in [1.54, 1.807) is 0 Å². The molecule has 0 unspecified atom stereocenters. The van der Waals surface area contributed by atoms with Crippen molar-refractivity contribution in [3.63, 3.8) is 0 Å².